The lowest BCUT2D eigenvalue weighted by molar-refractivity contribution is -0.123. The molecule has 132 valence electrons. The third-order valence-electron chi connectivity index (χ3n) is 4.25. The Balaban J connectivity index is 2.06. The highest BCUT2D eigenvalue weighted by Gasteiger charge is 2.37. The smallest absolute Gasteiger partial charge is 0.410 e. The number of amides is 2. The van der Waals surface area contributed by atoms with Gasteiger partial charge in [-0.25, -0.2) is 4.79 Å². The van der Waals surface area contributed by atoms with Gasteiger partial charge in [-0.05, 0) is 59.1 Å². The van der Waals surface area contributed by atoms with Gasteiger partial charge in [0.2, 0.25) is 5.91 Å². The molecule has 0 bridgehead atoms. The van der Waals surface area contributed by atoms with Gasteiger partial charge >= 0.3 is 6.09 Å². The summed E-state index contributed by atoms with van der Waals surface area (Å²) in [5.74, 6) is -0.335. The molecule has 1 aromatic heterocycles. The second-order valence-corrected chi connectivity index (χ2v) is 7.34. The number of likely N-dealkylation sites (tertiary alicyclic amines) is 1. The molecule has 0 spiro atoms. The van der Waals surface area contributed by atoms with E-state index in [1.807, 2.05) is 40.7 Å². The van der Waals surface area contributed by atoms with Gasteiger partial charge in [-0.15, -0.1) is 0 Å². The van der Waals surface area contributed by atoms with Crippen LogP contribution in [0.2, 0.25) is 0 Å². The van der Waals surface area contributed by atoms with Gasteiger partial charge in [-0.3, -0.25) is 9.78 Å². The average molecular weight is 333 g/mol. The van der Waals surface area contributed by atoms with E-state index in [1.54, 1.807) is 17.3 Å². The first-order valence-electron chi connectivity index (χ1n) is 8.40. The zero-order valence-electron chi connectivity index (χ0n) is 15.1. The summed E-state index contributed by atoms with van der Waals surface area (Å²) in [5.41, 5.74) is 1.13. The minimum absolute atomic E-state index is 0.0770. The Labute approximate surface area is 143 Å². The molecular formula is C18H27N3O3. The molecule has 1 saturated heterocycles. The number of carbonyl (C=O) groups excluding carboxylic acids is 2. The number of nitrogens with zero attached hydrogens (tertiary/aromatic N) is 2. The van der Waals surface area contributed by atoms with Gasteiger partial charge in [0, 0.05) is 18.8 Å². The Morgan fingerprint density at radius 1 is 1.38 bits per heavy atom. The molecule has 24 heavy (non-hydrogen) atoms. The highest BCUT2D eigenvalue weighted by molar-refractivity contribution is 5.93. The number of aromatic nitrogens is 1. The zero-order valence-corrected chi connectivity index (χ0v) is 15.1. The maximum atomic E-state index is 12.7. The molecule has 1 aromatic rings. The quantitative estimate of drug-likeness (QED) is 0.901. The molecule has 0 saturated carbocycles. The number of carbonyl (C=O) groups is 2. The second kappa shape index (κ2) is 7.20. The van der Waals surface area contributed by atoms with Crippen LogP contribution < -0.4 is 5.32 Å². The van der Waals surface area contributed by atoms with Crippen LogP contribution in [0, 0.1) is 12.8 Å². The number of hydrogen-bond donors (Lipinski definition) is 1. The van der Waals surface area contributed by atoms with Crippen molar-refractivity contribution in [3.63, 3.8) is 0 Å². The third kappa shape index (κ3) is 4.46. The van der Waals surface area contributed by atoms with Crippen molar-refractivity contribution in [2.75, 3.05) is 11.9 Å². The summed E-state index contributed by atoms with van der Waals surface area (Å²) >= 11 is 0. The van der Waals surface area contributed by atoms with Crippen LogP contribution in [0.5, 0.6) is 0 Å². The Bertz CT molecular complexity index is 610. The summed E-state index contributed by atoms with van der Waals surface area (Å²) in [4.78, 5) is 30.7. The summed E-state index contributed by atoms with van der Waals surface area (Å²) in [6.07, 6.45) is 4.52. The minimum atomic E-state index is -0.543. The molecule has 2 amide bonds. The van der Waals surface area contributed by atoms with Gasteiger partial charge in [0.1, 0.15) is 5.60 Å². The van der Waals surface area contributed by atoms with Crippen LogP contribution in [-0.4, -0.2) is 40.1 Å². The number of hydrogen-bond acceptors (Lipinski definition) is 4. The van der Waals surface area contributed by atoms with E-state index in [9.17, 15) is 9.59 Å². The minimum Gasteiger partial charge on any atom is -0.444 e. The lowest BCUT2D eigenvalue weighted by Gasteiger charge is -2.39. The first kappa shape index (κ1) is 18.2. The molecule has 6 heteroatoms. The van der Waals surface area contributed by atoms with E-state index in [-0.39, 0.29) is 24.0 Å². The first-order chi connectivity index (χ1) is 11.2. The van der Waals surface area contributed by atoms with Gasteiger partial charge in [0.15, 0.2) is 0 Å². The molecule has 1 aliphatic heterocycles. The highest BCUT2D eigenvalue weighted by Crippen LogP contribution is 2.27. The molecule has 6 nitrogen and oxygen atoms in total. The van der Waals surface area contributed by atoms with Crippen LogP contribution in [-0.2, 0) is 9.53 Å². The van der Waals surface area contributed by atoms with Crippen LogP contribution in [0.3, 0.4) is 0 Å². The molecule has 1 fully saturated rings. The fourth-order valence-electron chi connectivity index (χ4n) is 2.89. The van der Waals surface area contributed by atoms with E-state index in [1.165, 1.54) is 0 Å². The molecule has 2 atom stereocenters. The monoisotopic (exact) mass is 333 g/mol. The number of ether oxygens (including phenoxy) is 1. The van der Waals surface area contributed by atoms with E-state index in [4.69, 9.17) is 4.74 Å². The average Bonchev–Trinajstić information content (AvgIpc) is 2.48. The predicted octanol–water partition coefficient (Wildman–Crippen LogP) is 3.36. The molecule has 0 aromatic carbocycles. The Kier molecular flexibility index (Phi) is 5.47. The second-order valence-electron chi connectivity index (χ2n) is 7.34. The Morgan fingerprint density at radius 3 is 2.71 bits per heavy atom. The molecule has 2 rings (SSSR count). The topological polar surface area (TPSA) is 71.5 Å². The van der Waals surface area contributed by atoms with Gasteiger partial charge < -0.3 is 15.0 Å². The van der Waals surface area contributed by atoms with Crippen LogP contribution >= 0.6 is 0 Å². The van der Waals surface area contributed by atoms with Crippen molar-refractivity contribution in [1.29, 1.82) is 0 Å². The number of nitrogens with one attached hydrogen (secondary N) is 1. The van der Waals surface area contributed by atoms with Crippen LogP contribution in [0.25, 0.3) is 0 Å². The normalized spacial score (nSPS) is 21.3. The van der Waals surface area contributed by atoms with Crippen molar-refractivity contribution < 1.29 is 14.3 Å². The first-order valence-corrected chi connectivity index (χ1v) is 8.40. The van der Waals surface area contributed by atoms with E-state index in [0.717, 1.165) is 18.4 Å². The van der Waals surface area contributed by atoms with E-state index in [0.29, 0.717) is 12.2 Å². The van der Waals surface area contributed by atoms with E-state index < -0.39 is 5.60 Å². The van der Waals surface area contributed by atoms with Crippen LogP contribution in [0.15, 0.2) is 18.5 Å². The summed E-state index contributed by atoms with van der Waals surface area (Å²) in [6.45, 7) is 9.97. The fraction of sp³-hybridized carbons (Fsp3) is 0.611. The van der Waals surface area contributed by atoms with Crippen molar-refractivity contribution in [1.82, 2.24) is 9.88 Å². The van der Waals surface area contributed by atoms with Gasteiger partial charge in [-0.1, -0.05) is 0 Å². The standard InChI is InChI=1S/C18H27N3O3/c1-12-8-9-19-11-15(12)20-16(22)14-7-6-10-21(13(14)2)17(23)24-18(3,4)5/h8-9,11,13-14H,6-7,10H2,1-5H3,(H,20,22). The maximum Gasteiger partial charge on any atom is 0.410 e. The number of pyridine rings is 1. The van der Waals surface area contributed by atoms with Crippen LogP contribution in [0.4, 0.5) is 10.5 Å². The van der Waals surface area contributed by atoms with Gasteiger partial charge in [0.25, 0.3) is 0 Å². The van der Waals surface area contributed by atoms with Crippen molar-refractivity contribution in [3.05, 3.63) is 24.0 Å². The largest absolute Gasteiger partial charge is 0.444 e. The third-order valence-corrected chi connectivity index (χ3v) is 4.25. The predicted molar refractivity (Wildman–Crippen MR) is 92.7 cm³/mol. The molecule has 1 aliphatic rings. The SMILES string of the molecule is Cc1ccncc1NC(=O)C1CCCN(C(=O)OC(C)(C)C)C1C. The van der Waals surface area contributed by atoms with E-state index >= 15 is 0 Å². The number of rotatable bonds is 2. The van der Waals surface area contributed by atoms with Crippen LogP contribution in [0.1, 0.15) is 46.1 Å². The lowest BCUT2D eigenvalue weighted by Crippen LogP contribution is -2.51. The summed E-state index contributed by atoms with van der Waals surface area (Å²) in [5, 5.41) is 2.94. The summed E-state index contributed by atoms with van der Waals surface area (Å²) in [6, 6.07) is 1.65. The zero-order chi connectivity index (χ0) is 17.9. The highest BCUT2D eigenvalue weighted by atomic mass is 16.6. The number of anilines is 1. The Morgan fingerprint density at radius 2 is 2.08 bits per heavy atom. The van der Waals surface area contributed by atoms with E-state index in [2.05, 4.69) is 10.3 Å². The number of piperidine rings is 1. The maximum absolute atomic E-state index is 12.7. The van der Waals surface area contributed by atoms with Crippen molar-refractivity contribution >= 4 is 17.7 Å². The van der Waals surface area contributed by atoms with Crippen molar-refractivity contribution in [2.24, 2.45) is 5.92 Å². The number of aryl methyl sites for hydroxylation is 1. The van der Waals surface area contributed by atoms with Gasteiger partial charge in [0.05, 0.1) is 17.8 Å². The van der Waals surface area contributed by atoms with Gasteiger partial charge in [-0.2, -0.15) is 0 Å². The molecular weight excluding hydrogens is 306 g/mol. The molecule has 2 unspecified atom stereocenters. The lowest BCUT2D eigenvalue weighted by atomic mass is 9.89. The fourth-order valence-corrected chi connectivity index (χ4v) is 2.89. The van der Waals surface area contributed by atoms with Crippen molar-refractivity contribution in [2.45, 2.75) is 59.1 Å². The summed E-state index contributed by atoms with van der Waals surface area (Å²) < 4.78 is 5.46. The molecule has 2 heterocycles. The summed E-state index contributed by atoms with van der Waals surface area (Å²) in [7, 11) is 0. The van der Waals surface area contributed by atoms with Crippen molar-refractivity contribution in [3.8, 4) is 0 Å². The molecule has 0 radical (unpaired) electrons. The Hall–Kier alpha value is -2.11. The molecule has 1 N–H and O–H groups in total. The molecule has 0 aliphatic carbocycles.